The van der Waals surface area contributed by atoms with Crippen LogP contribution in [0.2, 0.25) is 0 Å². The number of nitrogens with zero attached hydrogens (tertiary/aromatic N) is 3. The van der Waals surface area contributed by atoms with Gasteiger partial charge in [0.05, 0.1) is 16.0 Å². The van der Waals surface area contributed by atoms with Gasteiger partial charge in [-0.3, -0.25) is 9.38 Å². The van der Waals surface area contributed by atoms with Crippen LogP contribution in [0.1, 0.15) is 25.6 Å². The Balaban J connectivity index is 2.21. The van der Waals surface area contributed by atoms with Gasteiger partial charge in [-0.15, -0.1) is 17.8 Å². The normalized spacial score (nSPS) is 11.5. The molecule has 3 aromatic heterocycles. The molecule has 0 aliphatic carbocycles. The summed E-state index contributed by atoms with van der Waals surface area (Å²) in [5.74, 6) is 3.63. The Morgan fingerprint density at radius 2 is 2.14 bits per heavy atom. The molecular weight excluding hydrogens is 280 g/mol. The third-order valence-electron chi connectivity index (χ3n) is 2.91. The number of fused-ring (bicyclic) bond motifs is 1. The number of terminal acetylenes is 1. The van der Waals surface area contributed by atoms with Gasteiger partial charge in [-0.05, 0) is 32.9 Å². The van der Waals surface area contributed by atoms with Gasteiger partial charge in [0.1, 0.15) is 11.5 Å². The fraction of sp³-hybridized carbons (Fsp3) is 0.250. The molecule has 0 aliphatic rings. The van der Waals surface area contributed by atoms with Crippen LogP contribution in [0.4, 0.5) is 5.82 Å². The van der Waals surface area contributed by atoms with Crippen LogP contribution in [0.3, 0.4) is 0 Å². The zero-order valence-electron chi connectivity index (χ0n) is 12.2. The molecule has 1 N–H and O–H groups in total. The van der Waals surface area contributed by atoms with E-state index in [1.165, 1.54) is 0 Å². The standard InChI is InChI=1S/C16H16N4S/c1-5-11-6-7-12(21-11)14-15(19-16(2,3)4)20-9-8-17-10-13(20)18-14/h1,6-10,19H,2-4H3. The monoisotopic (exact) mass is 296 g/mol. The van der Waals surface area contributed by atoms with Gasteiger partial charge in [0.15, 0.2) is 5.65 Å². The zero-order valence-corrected chi connectivity index (χ0v) is 13.0. The van der Waals surface area contributed by atoms with Gasteiger partial charge in [0.2, 0.25) is 0 Å². The van der Waals surface area contributed by atoms with E-state index in [0.29, 0.717) is 0 Å². The van der Waals surface area contributed by atoms with E-state index in [1.54, 1.807) is 23.7 Å². The summed E-state index contributed by atoms with van der Waals surface area (Å²) in [5.41, 5.74) is 1.65. The molecule has 0 spiro atoms. The van der Waals surface area contributed by atoms with Crippen molar-refractivity contribution in [3.8, 4) is 22.9 Å². The Hall–Kier alpha value is -2.32. The summed E-state index contributed by atoms with van der Waals surface area (Å²) in [6, 6.07) is 3.96. The summed E-state index contributed by atoms with van der Waals surface area (Å²) in [4.78, 5) is 10.8. The van der Waals surface area contributed by atoms with Gasteiger partial charge < -0.3 is 5.32 Å². The first kappa shape index (κ1) is 13.7. The smallest absolute Gasteiger partial charge is 0.157 e. The van der Waals surface area contributed by atoms with Crippen LogP contribution in [0, 0.1) is 12.3 Å². The molecule has 0 radical (unpaired) electrons. The Morgan fingerprint density at radius 1 is 1.33 bits per heavy atom. The molecule has 0 aromatic carbocycles. The Bertz CT molecular complexity index is 830. The van der Waals surface area contributed by atoms with E-state index in [9.17, 15) is 0 Å². The van der Waals surface area contributed by atoms with Crippen molar-refractivity contribution in [1.29, 1.82) is 0 Å². The molecule has 0 amide bonds. The second kappa shape index (κ2) is 4.90. The van der Waals surface area contributed by atoms with Crippen molar-refractivity contribution in [3.63, 3.8) is 0 Å². The van der Waals surface area contributed by atoms with Crippen LogP contribution >= 0.6 is 11.3 Å². The SMILES string of the molecule is C#Cc1ccc(-c2nc3cnccn3c2NC(C)(C)C)s1. The fourth-order valence-electron chi connectivity index (χ4n) is 2.10. The molecule has 0 unspecified atom stereocenters. The number of rotatable bonds is 2. The molecule has 0 aliphatic heterocycles. The second-order valence-electron chi connectivity index (χ2n) is 5.80. The lowest BCUT2D eigenvalue weighted by Crippen LogP contribution is -2.27. The lowest BCUT2D eigenvalue weighted by Gasteiger charge is -2.22. The first-order valence-electron chi connectivity index (χ1n) is 6.65. The molecule has 3 aromatic rings. The number of hydrogen-bond donors (Lipinski definition) is 1. The van der Waals surface area contributed by atoms with Crippen molar-refractivity contribution in [2.24, 2.45) is 0 Å². The number of hydrogen-bond acceptors (Lipinski definition) is 4. The second-order valence-corrected chi connectivity index (χ2v) is 6.88. The van der Waals surface area contributed by atoms with Crippen molar-refractivity contribution in [1.82, 2.24) is 14.4 Å². The van der Waals surface area contributed by atoms with Gasteiger partial charge in [0.25, 0.3) is 0 Å². The molecular formula is C16H16N4S. The minimum atomic E-state index is -0.0693. The summed E-state index contributed by atoms with van der Waals surface area (Å²) in [6.07, 6.45) is 10.9. The average molecular weight is 296 g/mol. The molecule has 3 heterocycles. The van der Waals surface area contributed by atoms with Gasteiger partial charge >= 0.3 is 0 Å². The number of aromatic nitrogens is 3. The first-order valence-corrected chi connectivity index (χ1v) is 7.47. The quantitative estimate of drug-likeness (QED) is 0.734. The van der Waals surface area contributed by atoms with Crippen LogP contribution in [0.25, 0.3) is 16.2 Å². The van der Waals surface area contributed by atoms with Crippen LogP contribution < -0.4 is 5.32 Å². The van der Waals surface area contributed by atoms with Gasteiger partial charge in [-0.25, -0.2) is 4.98 Å². The lowest BCUT2D eigenvalue weighted by molar-refractivity contribution is 0.629. The van der Waals surface area contributed by atoms with Crippen molar-refractivity contribution in [2.75, 3.05) is 5.32 Å². The molecule has 21 heavy (non-hydrogen) atoms. The highest BCUT2D eigenvalue weighted by Gasteiger charge is 2.20. The zero-order chi connectivity index (χ0) is 15.0. The van der Waals surface area contributed by atoms with Crippen molar-refractivity contribution in [2.45, 2.75) is 26.3 Å². The maximum atomic E-state index is 5.47. The summed E-state index contributed by atoms with van der Waals surface area (Å²) < 4.78 is 2.02. The molecule has 106 valence electrons. The number of thiophene rings is 1. The molecule has 0 saturated carbocycles. The Kier molecular flexibility index (Phi) is 3.19. The van der Waals surface area contributed by atoms with Gasteiger partial charge in [-0.1, -0.05) is 5.92 Å². The van der Waals surface area contributed by atoms with E-state index < -0.39 is 0 Å². The molecule has 5 heteroatoms. The lowest BCUT2D eigenvalue weighted by atomic mass is 10.1. The van der Waals surface area contributed by atoms with Crippen molar-refractivity contribution < 1.29 is 0 Å². The van der Waals surface area contributed by atoms with Crippen LogP contribution in [-0.4, -0.2) is 19.9 Å². The molecule has 3 rings (SSSR count). The summed E-state index contributed by atoms with van der Waals surface area (Å²) in [7, 11) is 0. The third kappa shape index (κ3) is 2.63. The van der Waals surface area contributed by atoms with E-state index in [2.05, 4.69) is 37.0 Å². The molecule has 0 fully saturated rings. The predicted octanol–water partition coefficient (Wildman–Crippen LogP) is 3.65. The van der Waals surface area contributed by atoms with Crippen molar-refractivity contribution in [3.05, 3.63) is 35.6 Å². The van der Waals surface area contributed by atoms with Crippen LogP contribution in [0.15, 0.2) is 30.7 Å². The Labute approximate surface area is 127 Å². The van der Waals surface area contributed by atoms with Gasteiger partial charge in [-0.2, -0.15) is 0 Å². The molecule has 0 atom stereocenters. The minimum Gasteiger partial charge on any atom is -0.365 e. The van der Waals surface area contributed by atoms with Gasteiger partial charge in [0, 0.05) is 17.9 Å². The number of anilines is 1. The van der Waals surface area contributed by atoms with E-state index >= 15 is 0 Å². The highest BCUT2D eigenvalue weighted by atomic mass is 32.1. The third-order valence-corrected chi connectivity index (χ3v) is 3.93. The van der Waals surface area contributed by atoms with E-state index in [0.717, 1.165) is 26.9 Å². The van der Waals surface area contributed by atoms with E-state index in [4.69, 9.17) is 11.4 Å². The fourth-order valence-corrected chi connectivity index (χ4v) is 2.90. The number of imidazole rings is 1. The van der Waals surface area contributed by atoms with E-state index in [-0.39, 0.29) is 5.54 Å². The van der Waals surface area contributed by atoms with E-state index in [1.807, 2.05) is 22.7 Å². The Morgan fingerprint density at radius 3 is 2.81 bits per heavy atom. The van der Waals surface area contributed by atoms with Crippen molar-refractivity contribution >= 4 is 22.8 Å². The summed E-state index contributed by atoms with van der Waals surface area (Å²) in [5, 5.41) is 3.53. The molecule has 0 saturated heterocycles. The minimum absolute atomic E-state index is 0.0693. The average Bonchev–Trinajstić information content (AvgIpc) is 3.02. The largest absolute Gasteiger partial charge is 0.365 e. The maximum Gasteiger partial charge on any atom is 0.157 e. The first-order chi connectivity index (χ1) is 9.98. The molecule has 4 nitrogen and oxygen atoms in total. The maximum absolute atomic E-state index is 5.47. The summed E-state index contributed by atoms with van der Waals surface area (Å²) >= 11 is 1.57. The molecule has 0 bridgehead atoms. The predicted molar refractivity (Wildman–Crippen MR) is 87.6 cm³/mol. The topological polar surface area (TPSA) is 42.2 Å². The van der Waals surface area contributed by atoms with Crippen LogP contribution in [0.5, 0.6) is 0 Å². The summed E-state index contributed by atoms with van der Waals surface area (Å²) in [6.45, 7) is 6.37. The van der Waals surface area contributed by atoms with Crippen LogP contribution in [-0.2, 0) is 0 Å². The highest BCUT2D eigenvalue weighted by Crippen LogP contribution is 2.34. The highest BCUT2D eigenvalue weighted by molar-refractivity contribution is 7.16. The number of nitrogens with one attached hydrogen (secondary N) is 1.